The highest BCUT2D eigenvalue weighted by molar-refractivity contribution is 7.01. The predicted octanol–water partition coefficient (Wildman–Crippen LogP) is 4.10. The van der Waals surface area contributed by atoms with Crippen LogP contribution in [0.4, 0.5) is 51.2 Å². The summed E-state index contributed by atoms with van der Waals surface area (Å²) < 4.78 is 0. The smallest absolute Gasteiger partial charge is 0.252 e. The summed E-state index contributed by atoms with van der Waals surface area (Å²) in [5, 5.41) is 0. The summed E-state index contributed by atoms with van der Waals surface area (Å²) in [5.74, 6) is 0.693. The maximum Gasteiger partial charge on any atom is 0.252 e. The van der Waals surface area contributed by atoms with E-state index in [1.54, 1.807) is 77.8 Å². The quantitative estimate of drug-likeness (QED) is 0.214. The normalized spacial score (nSPS) is 22.9. The molecule has 0 N–H and O–H groups in total. The Morgan fingerprint density at radius 2 is 0.742 bits per heavy atom. The summed E-state index contributed by atoms with van der Waals surface area (Å²) in [6.07, 6.45) is 4.02. The fourth-order valence-electron chi connectivity index (χ4n) is 18.0. The highest BCUT2D eigenvalue weighted by Gasteiger charge is 2.67. The lowest BCUT2D eigenvalue weighted by atomic mass is 9.21. The van der Waals surface area contributed by atoms with E-state index in [0.717, 1.165) is 25.8 Å². The first-order valence-electron chi connectivity index (χ1n) is 24.7. The van der Waals surface area contributed by atoms with Gasteiger partial charge >= 0.3 is 0 Å². The first-order chi connectivity index (χ1) is 32.8. The SMILES string of the molecule is c1ccc2c(c1)B1c3ccccc3N3CB4c5ccccc5N5CB6c7ccccc7N7c8ccccc8B8CN9c%10ccccc%10B%10CN2c2c1c3c1c3c2C%10C9c2c8c7c6c(c2-3)C5C41. The molecule has 4 unspecified atom stereocenters. The second kappa shape index (κ2) is 10.4. The molecule has 20 rings (SSSR count). The molecule has 10 aliphatic heterocycles. The minimum atomic E-state index is 0.198. The molecule has 0 bridgehead atoms. The van der Waals surface area contributed by atoms with Crippen LogP contribution in [0.15, 0.2) is 146 Å². The molecule has 0 radical (unpaired) electrons. The monoisotopic (exact) mass is 833 g/mol. The minimum absolute atomic E-state index is 0.198. The van der Waals surface area contributed by atoms with Crippen LogP contribution >= 0.6 is 0 Å². The number of hydrogen-bond donors (Lipinski definition) is 0. The van der Waals surface area contributed by atoms with Crippen LogP contribution in [0, 0.1) is 0 Å². The fourth-order valence-corrected chi connectivity index (χ4v) is 18.0. The van der Waals surface area contributed by atoms with Crippen molar-refractivity contribution in [3.63, 3.8) is 0 Å². The van der Waals surface area contributed by atoms with E-state index in [-0.39, 0.29) is 32.2 Å². The summed E-state index contributed by atoms with van der Waals surface area (Å²) in [6, 6.07) is 58.1. The molecule has 8 aromatic carbocycles. The largest absolute Gasteiger partial charge is 0.372 e. The number of nitrogens with zero attached hydrogens (tertiary/aromatic N) is 5. The maximum atomic E-state index is 2.97. The van der Waals surface area contributed by atoms with Crippen LogP contribution in [0.2, 0.25) is 0 Å². The molecule has 10 heteroatoms. The highest BCUT2D eigenvalue weighted by Crippen LogP contribution is 2.69. The van der Waals surface area contributed by atoms with Gasteiger partial charge in [0.1, 0.15) is 0 Å². The van der Waals surface area contributed by atoms with Gasteiger partial charge in [0.25, 0.3) is 6.71 Å². The summed E-state index contributed by atoms with van der Waals surface area (Å²) >= 11 is 0. The third-order valence-electron chi connectivity index (χ3n) is 19.7. The zero-order valence-electron chi connectivity index (χ0n) is 36.1. The van der Waals surface area contributed by atoms with Gasteiger partial charge in [0, 0.05) is 77.0 Å². The van der Waals surface area contributed by atoms with E-state index in [0.29, 0.717) is 25.1 Å². The molecular weight excluding hydrogens is 797 g/mol. The number of benzene rings is 8. The molecular formula is C56H36B5N5. The number of hydrogen-bond acceptors (Lipinski definition) is 5. The Kier molecular flexibility index (Phi) is 5.14. The van der Waals surface area contributed by atoms with E-state index in [2.05, 4.69) is 170 Å². The van der Waals surface area contributed by atoms with Crippen molar-refractivity contribution >= 4 is 134 Å². The van der Waals surface area contributed by atoms with Gasteiger partial charge in [-0.05, 0) is 120 Å². The number of fused-ring (bicyclic) bond motifs is 18. The standard InChI is InChI=1S/C56H36B5N5/c1-7-19-35-29(13-1)57-25-64-37-21-9-5-17-33(37)61-34-18-6-10-22-38(34)65-26-58-30-14-2-8-20-36(30)63-28-60-32-16-4-12-24-40(32)66-39-23-11-3-15-31(39)59-27-62(35)52-45-42-41-43(47(52)57)54(64)51(61)55(65)44(41)48(58)53(63)46(42)50(60)56(66)49(45)59/h1-24,47-48,52-53H,25-28H2. The highest BCUT2D eigenvalue weighted by atomic mass is 15.2. The zero-order chi connectivity index (χ0) is 41.7. The molecule has 5 nitrogen and oxygen atoms in total. The van der Waals surface area contributed by atoms with Crippen LogP contribution in [-0.4, -0.2) is 59.3 Å². The second-order valence-corrected chi connectivity index (χ2v) is 21.6. The van der Waals surface area contributed by atoms with E-state index in [1.807, 2.05) is 0 Å². The molecule has 0 spiro atoms. The maximum absolute atomic E-state index is 2.97. The number of rotatable bonds is 0. The molecule has 0 amide bonds. The van der Waals surface area contributed by atoms with Crippen molar-refractivity contribution in [1.82, 2.24) is 0 Å². The van der Waals surface area contributed by atoms with E-state index < -0.39 is 0 Å². The summed E-state index contributed by atoms with van der Waals surface area (Å²) in [7, 11) is 0. The van der Waals surface area contributed by atoms with E-state index in [1.165, 1.54) is 56.0 Å². The Bertz CT molecular complexity index is 3300. The van der Waals surface area contributed by atoms with Gasteiger partial charge in [0.15, 0.2) is 0 Å². The van der Waals surface area contributed by atoms with E-state index >= 15 is 0 Å². The molecule has 66 heavy (non-hydrogen) atoms. The van der Waals surface area contributed by atoms with Crippen molar-refractivity contribution in [2.45, 2.75) is 23.7 Å². The van der Waals surface area contributed by atoms with Gasteiger partial charge < -0.3 is 24.5 Å². The third-order valence-corrected chi connectivity index (χ3v) is 19.7. The molecule has 12 aliphatic rings. The van der Waals surface area contributed by atoms with Crippen LogP contribution in [0.3, 0.4) is 0 Å². The van der Waals surface area contributed by atoms with Crippen molar-refractivity contribution in [3.8, 4) is 11.1 Å². The van der Waals surface area contributed by atoms with Crippen molar-refractivity contribution in [2.75, 3.05) is 50.3 Å². The van der Waals surface area contributed by atoms with Crippen LogP contribution in [0.25, 0.3) is 11.1 Å². The molecule has 0 saturated heterocycles. The first-order valence-corrected chi connectivity index (χ1v) is 24.7. The average Bonchev–Trinajstić information content (AvgIpc) is 3.38. The van der Waals surface area contributed by atoms with Crippen molar-refractivity contribution < 1.29 is 0 Å². The third kappa shape index (κ3) is 3.14. The van der Waals surface area contributed by atoms with Crippen molar-refractivity contribution in [3.05, 3.63) is 168 Å². The average molecular weight is 833 g/mol. The number of para-hydroxylation sites is 6. The molecule has 0 saturated carbocycles. The van der Waals surface area contributed by atoms with Crippen LogP contribution in [-0.2, 0) is 0 Å². The van der Waals surface area contributed by atoms with Crippen molar-refractivity contribution in [2.24, 2.45) is 0 Å². The van der Waals surface area contributed by atoms with Gasteiger partial charge in [-0.25, -0.2) is 0 Å². The lowest BCUT2D eigenvalue weighted by molar-refractivity contribution is 0.571. The Balaban J connectivity index is 1.05. The van der Waals surface area contributed by atoms with Gasteiger partial charge in [-0.1, -0.05) is 120 Å². The lowest BCUT2D eigenvalue weighted by Crippen LogP contribution is -2.75. The Hall–Kier alpha value is -6.92. The Labute approximate surface area is 385 Å². The van der Waals surface area contributed by atoms with E-state index in [4.69, 9.17) is 0 Å². The second-order valence-electron chi connectivity index (χ2n) is 21.6. The predicted molar refractivity (Wildman–Crippen MR) is 277 cm³/mol. The Morgan fingerprint density at radius 3 is 1.23 bits per heavy atom. The molecule has 0 fully saturated rings. The topological polar surface area (TPSA) is 16.2 Å². The molecule has 8 aromatic rings. The number of anilines is 9. The van der Waals surface area contributed by atoms with Crippen LogP contribution in [0.1, 0.15) is 46.0 Å². The molecule has 10 heterocycles. The molecule has 0 aromatic heterocycles. The van der Waals surface area contributed by atoms with Gasteiger partial charge in [-0.3, -0.25) is 0 Å². The summed E-state index contributed by atoms with van der Waals surface area (Å²) in [4.78, 5) is 14.5. The van der Waals surface area contributed by atoms with Gasteiger partial charge in [0.2, 0.25) is 26.9 Å². The lowest BCUT2D eigenvalue weighted by Gasteiger charge is -2.65. The van der Waals surface area contributed by atoms with Crippen LogP contribution in [0.5, 0.6) is 0 Å². The Morgan fingerprint density at radius 1 is 0.348 bits per heavy atom. The zero-order valence-corrected chi connectivity index (χ0v) is 36.1. The van der Waals surface area contributed by atoms with E-state index in [9.17, 15) is 0 Å². The molecule has 2 aliphatic carbocycles. The summed E-state index contributed by atoms with van der Waals surface area (Å²) in [5.41, 5.74) is 37.2. The molecule has 4 atom stereocenters. The van der Waals surface area contributed by atoms with Gasteiger partial charge in [-0.15, -0.1) is 0 Å². The fraction of sp³-hybridized carbons (Fsp3) is 0.143. The van der Waals surface area contributed by atoms with Gasteiger partial charge in [-0.2, -0.15) is 0 Å². The van der Waals surface area contributed by atoms with Gasteiger partial charge in [0.05, 0.1) is 12.1 Å². The van der Waals surface area contributed by atoms with Crippen molar-refractivity contribution in [1.29, 1.82) is 0 Å². The van der Waals surface area contributed by atoms with Crippen LogP contribution < -0.4 is 73.7 Å². The molecule has 300 valence electrons. The summed E-state index contributed by atoms with van der Waals surface area (Å²) in [6.45, 7) is 1.47. The first kappa shape index (κ1) is 32.7. The minimum Gasteiger partial charge on any atom is -0.372 e.